The SMILES string of the molecule is CC1(C)Cc2cc3c(cc2C1)N(c1ccc(C(C)(C)C)cc1-c1ccccc1)c1cc(N2c4ccc(C(C)(C)C)cc4C4(C)CCCCC24C)cc2c1B3c1cc(-c3ccccc3)ccc1N2c1ccc(-c2ccccc2)cc1. The molecule has 5 aliphatic rings. The van der Waals surface area contributed by atoms with E-state index in [2.05, 4.69) is 278 Å². The third kappa shape index (κ3) is 7.82. The van der Waals surface area contributed by atoms with Crippen LogP contribution in [0.4, 0.5) is 45.5 Å². The van der Waals surface area contributed by atoms with Gasteiger partial charge in [-0.15, -0.1) is 0 Å². The van der Waals surface area contributed by atoms with Crippen LogP contribution in [0, 0.1) is 5.41 Å². The maximum Gasteiger partial charge on any atom is 0.252 e. The molecule has 3 nitrogen and oxygen atoms in total. The van der Waals surface area contributed by atoms with Crippen molar-refractivity contribution in [2.24, 2.45) is 5.41 Å². The van der Waals surface area contributed by atoms with Gasteiger partial charge in [0.2, 0.25) is 0 Å². The summed E-state index contributed by atoms with van der Waals surface area (Å²) in [4.78, 5) is 8.21. The zero-order valence-electron chi connectivity index (χ0n) is 48.1. The van der Waals surface area contributed by atoms with E-state index in [0.717, 1.165) is 24.9 Å². The first-order chi connectivity index (χ1) is 37.9. The van der Waals surface area contributed by atoms with Gasteiger partial charge in [0.15, 0.2) is 0 Å². The van der Waals surface area contributed by atoms with Crippen LogP contribution in [0.3, 0.4) is 0 Å². The summed E-state index contributed by atoms with van der Waals surface area (Å²) < 4.78 is 0. The molecule has 0 saturated heterocycles. The Morgan fingerprint density at radius 1 is 0.405 bits per heavy atom. The molecule has 9 aromatic rings. The maximum atomic E-state index is 2.84. The highest BCUT2D eigenvalue weighted by molar-refractivity contribution is 7.00. The molecule has 9 aromatic carbocycles. The summed E-state index contributed by atoms with van der Waals surface area (Å²) in [7, 11) is 0. The van der Waals surface area contributed by atoms with Gasteiger partial charge in [0.05, 0.1) is 11.2 Å². The zero-order chi connectivity index (χ0) is 54.4. The minimum Gasteiger partial charge on any atom is -0.334 e. The number of anilines is 8. The largest absolute Gasteiger partial charge is 0.334 e. The second-order valence-corrected chi connectivity index (χ2v) is 27.2. The predicted molar refractivity (Wildman–Crippen MR) is 338 cm³/mol. The fraction of sp³-hybridized carbons (Fsp3) is 0.280. The van der Waals surface area contributed by atoms with E-state index >= 15 is 0 Å². The molecule has 2 aliphatic carbocycles. The van der Waals surface area contributed by atoms with E-state index in [1.807, 2.05) is 0 Å². The molecule has 3 heterocycles. The Kier molecular flexibility index (Phi) is 11.2. The fourth-order valence-electron chi connectivity index (χ4n) is 15.1. The monoisotopic (exact) mass is 1030 g/mol. The number of benzene rings is 9. The van der Waals surface area contributed by atoms with Gasteiger partial charge in [-0.05, 0) is 175 Å². The van der Waals surface area contributed by atoms with E-state index in [1.165, 1.54) is 137 Å². The van der Waals surface area contributed by atoms with Crippen molar-refractivity contribution in [1.82, 2.24) is 0 Å². The molecule has 0 bridgehead atoms. The second-order valence-electron chi connectivity index (χ2n) is 27.2. The number of rotatable bonds is 6. The van der Waals surface area contributed by atoms with E-state index in [-0.39, 0.29) is 33.9 Å². The lowest BCUT2D eigenvalue weighted by molar-refractivity contribution is 0.195. The molecular formula is C75H74BN3. The normalized spacial score (nSPS) is 19.6. The molecule has 0 amide bonds. The van der Waals surface area contributed by atoms with Gasteiger partial charge in [0, 0.05) is 50.8 Å². The van der Waals surface area contributed by atoms with Crippen molar-refractivity contribution in [3.05, 3.63) is 222 Å². The summed E-state index contributed by atoms with van der Waals surface area (Å²) in [5.74, 6) is 0. The van der Waals surface area contributed by atoms with Gasteiger partial charge in [-0.3, -0.25) is 0 Å². The van der Waals surface area contributed by atoms with Crippen LogP contribution >= 0.6 is 0 Å². The highest BCUT2D eigenvalue weighted by Crippen LogP contribution is 2.62. The minimum atomic E-state index is -0.170. The van der Waals surface area contributed by atoms with E-state index in [1.54, 1.807) is 0 Å². The van der Waals surface area contributed by atoms with Crippen LogP contribution in [-0.4, -0.2) is 12.3 Å². The van der Waals surface area contributed by atoms with Crippen LogP contribution in [-0.2, 0) is 29.1 Å². The number of hydrogen-bond donors (Lipinski definition) is 0. The highest BCUT2D eigenvalue weighted by Gasteiger charge is 2.58. The summed E-state index contributed by atoms with van der Waals surface area (Å²) in [5, 5.41) is 0. The molecule has 0 radical (unpaired) electrons. The first-order valence-electron chi connectivity index (χ1n) is 29.3. The third-order valence-electron chi connectivity index (χ3n) is 19.5. The van der Waals surface area contributed by atoms with Gasteiger partial charge in [-0.25, -0.2) is 0 Å². The molecule has 1 fully saturated rings. The van der Waals surface area contributed by atoms with Crippen LogP contribution < -0.4 is 31.1 Å². The van der Waals surface area contributed by atoms with Crippen LogP contribution in [0.1, 0.15) is 123 Å². The predicted octanol–water partition coefficient (Wildman–Crippen LogP) is 18.2. The van der Waals surface area contributed by atoms with Gasteiger partial charge in [0.25, 0.3) is 6.71 Å². The molecule has 4 heteroatoms. The summed E-state index contributed by atoms with van der Waals surface area (Å²) in [6.45, 7) is 24.3. The van der Waals surface area contributed by atoms with Gasteiger partial charge in [-0.1, -0.05) is 215 Å². The Morgan fingerprint density at radius 2 is 0.924 bits per heavy atom. The summed E-state index contributed by atoms with van der Waals surface area (Å²) in [6.07, 6.45) is 6.86. The highest BCUT2D eigenvalue weighted by atomic mass is 15.3. The molecule has 0 aromatic heterocycles. The number of hydrogen-bond acceptors (Lipinski definition) is 3. The smallest absolute Gasteiger partial charge is 0.252 e. The molecule has 2 atom stereocenters. The van der Waals surface area contributed by atoms with Crippen molar-refractivity contribution < 1.29 is 0 Å². The summed E-state index contributed by atoms with van der Waals surface area (Å²) in [5.41, 5.74) is 28.6. The van der Waals surface area contributed by atoms with Crippen molar-refractivity contribution in [3.8, 4) is 33.4 Å². The lowest BCUT2D eigenvalue weighted by Gasteiger charge is -2.51. The average Bonchev–Trinajstić information content (AvgIpc) is 4.00. The lowest BCUT2D eigenvalue weighted by atomic mass is 9.33. The van der Waals surface area contributed by atoms with Gasteiger partial charge >= 0.3 is 0 Å². The number of fused-ring (bicyclic) bond motifs is 8. The van der Waals surface area contributed by atoms with Crippen LogP contribution in [0.25, 0.3) is 33.4 Å². The first kappa shape index (κ1) is 49.7. The molecule has 3 aliphatic heterocycles. The van der Waals surface area contributed by atoms with Crippen molar-refractivity contribution in [2.45, 2.75) is 130 Å². The number of nitrogens with zero attached hydrogens (tertiary/aromatic N) is 3. The fourth-order valence-corrected chi connectivity index (χ4v) is 15.1. The first-order valence-corrected chi connectivity index (χ1v) is 29.3. The Balaban J connectivity index is 1.12. The van der Waals surface area contributed by atoms with E-state index in [0.29, 0.717) is 0 Å². The molecule has 0 N–H and O–H groups in total. The van der Waals surface area contributed by atoms with Gasteiger partial charge in [0.1, 0.15) is 0 Å². The zero-order valence-corrected chi connectivity index (χ0v) is 48.1. The van der Waals surface area contributed by atoms with Crippen molar-refractivity contribution in [3.63, 3.8) is 0 Å². The molecule has 0 spiro atoms. The van der Waals surface area contributed by atoms with Crippen LogP contribution in [0.15, 0.2) is 194 Å². The molecule has 79 heavy (non-hydrogen) atoms. The third-order valence-corrected chi connectivity index (χ3v) is 19.5. The molecule has 1 saturated carbocycles. The lowest BCUT2D eigenvalue weighted by Crippen LogP contribution is -2.61. The Hall–Kier alpha value is -7.56. The molecule has 392 valence electrons. The maximum absolute atomic E-state index is 2.84. The van der Waals surface area contributed by atoms with Crippen LogP contribution in [0.5, 0.6) is 0 Å². The molecular weight excluding hydrogens is 954 g/mol. The minimum absolute atomic E-state index is 0.0293. The van der Waals surface area contributed by atoms with E-state index < -0.39 is 0 Å². The average molecular weight is 1030 g/mol. The van der Waals surface area contributed by atoms with E-state index in [4.69, 9.17) is 0 Å². The second kappa shape index (κ2) is 17.7. The Labute approximate surface area is 471 Å². The summed E-state index contributed by atoms with van der Waals surface area (Å²) in [6, 6.07) is 75.3. The van der Waals surface area contributed by atoms with Crippen molar-refractivity contribution in [1.29, 1.82) is 0 Å². The van der Waals surface area contributed by atoms with Crippen molar-refractivity contribution in [2.75, 3.05) is 14.7 Å². The van der Waals surface area contributed by atoms with Crippen LogP contribution in [0.2, 0.25) is 0 Å². The standard InChI is InChI=1S/C75H74BN3/c1-71(2,3)56-31-36-64(60(43-56)52-26-18-13-19-27-52)78-67-42-55-48-73(7,8)47-54(55)41-63(67)76-62-40-53(50-24-16-12-17-25-50)30-35-66(62)77(58-33-28-51(29-34-58)49-22-14-11-15-23-49)68-45-59(46-69(78)70(68)76)79-65-37-32-57(72(4,5)6)44-61(65)74(9)38-20-21-39-75(74,79)10/h11-19,22-37,40-46H,20-21,38-39,47-48H2,1-10H3. The topological polar surface area (TPSA) is 9.72 Å². The Bertz CT molecular complexity index is 3880. The van der Waals surface area contributed by atoms with E-state index in [9.17, 15) is 0 Å². The Morgan fingerprint density at radius 3 is 1.57 bits per heavy atom. The molecule has 2 unspecified atom stereocenters. The van der Waals surface area contributed by atoms with Gasteiger partial charge in [-0.2, -0.15) is 0 Å². The quantitative estimate of drug-likeness (QED) is 0.154. The summed E-state index contributed by atoms with van der Waals surface area (Å²) >= 11 is 0. The molecule has 14 rings (SSSR count). The van der Waals surface area contributed by atoms with Gasteiger partial charge < -0.3 is 14.7 Å². The van der Waals surface area contributed by atoms with Crippen molar-refractivity contribution >= 4 is 68.6 Å².